The second-order valence-corrected chi connectivity index (χ2v) is 4.21. The minimum atomic E-state index is -0.463. The normalized spacial score (nSPS) is 10.1. The Balaban J connectivity index is 2.06. The third kappa shape index (κ3) is 3.93. The summed E-state index contributed by atoms with van der Waals surface area (Å²) in [5.74, 6) is -0.464. The molecule has 2 rings (SSSR count). The molecule has 0 aliphatic rings. The number of hydrogen-bond donors (Lipinski definition) is 1. The van der Waals surface area contributed by atoms with E-state index in [4.69, 9.17) is 16.3 Å². The lowest BCUT2D eigenvalue weighted by molar-refractivity contribution is -0.118. The van der Waals surface area contributed by atoms with Crippen LogP contribution in [0.3, 0.4) is 0 Å². The molecule has 2 aromatic rings. The lowest BCUT2D eigenvalue weighted by atomic mass is 10.2. The Bertz CT molecular complexity index is 607. The zero-order valence-electron chi connectivity index (χ0n) is 10.5. The molecular weight excluding hydrogens is 283 g/mol. The number of nitrogens with one attached hydrogen (secondary N) is 1. The molecule has 4 nitrogen and oxygen atoms in total. The number of carbonyl (C=O) groups is 1. The first-order valence-corrected chi connectivity index (χ1v) is 6.42. The fraction of sp³-hybridized carbons (Fsp3) is 0.143. The number of alkyl halides is 1. The van der Waals surface area contributed by atoms with Crippen molar-refractivity contribution in [2.45, 2.75) is 6.54 Å². The van der Waals surface area contributed by atoms with Gasteiger partial charge in [-0.1, -0.05) is 12.1 Å². The second-order valence-electron chi connectivity index (χ2n) is 3.95. The summed E-state index contributed by atoms with van der Waals surface area (Å²) in [6.45, 7) is 0.307. The molecule has 6 heteroatoms. The Hall–Kier alpha value is -2.14. The Morgan fingerprint density at radius 1 is 1.35 bits per heavy atom. The van der Waals surface area contributed by atoms with E-state index in [0.29, 0.717) is 6.54 Å². The molecule has 0 fully saturated rings. The maximum Gasteiger partial charge on any atom is 0.235 e. The van der Waals surface area contributed by atoms with Gasteiger partial charge in [0, 0.05) is 18.8 Å². The Morgan fingerprint density at radius 2 is 2.15 bits per heavy atom. The summed E-state index contributed by atoms with van der Waals surface area (Å²) in [6.07, 6.45) is 1.53. The number of carbonyl (C=O) groups excluding carboxylic acids is 1. The highest BCUT2D eigenvalue weighted by Gasteiger charge is 2.05. The van der Waals surface area contributed by atoms with Gasteiger partial charge in [0.1, 0.15) is 5.88 Å². The molecule has 0 atom stereocenters. The average molecular weight is 295 g/mol. The molecule has 0 radical (unpaired) electrons. The molecule has 0 aliphatic heterocycles. The van der Waals surface area contributed by atoms with Crippen molar-refractivity contribution in [1.29, 1.82) is 0 Å². The predicted molar refractivity (Wildman–Crippen MR) is 73.3 cm³/mol. The number of pyridine rings is 1. The van der Waals surface area contributed by atoms with E-state index in [-0.39, 0.29) is 23.4 Å². The van der Waals surface area contributed by atoms with Crippen LogP contribution in [-0.2, 0) is 11.3 Å². The van der Waals surface area contributed by atoms with E-state index in [1.54, 1.807) is 24.3 Å². The van der Waals surface area contributed by atoms with Crippen LogP contribution >= 0.6 is 11.6 Å². The number of amides is 1. The monoisotopic (exact) mass is 294 g/mol. The highest BCUT2D eigenvalue weighted by Crippen LogP contribution is 2.22. The fourth-order valence-corrected chi connectivity index (χ4v) is 1.60. The van der Waals surface area contributed by atoms with E-state index >= 15 is 0 Å². The number of aromatic nitrogens is 1. The molecule has 0 saturated carbocycles. The Morgan fingerprint density at radius 3 is 2.90 bits per heavy atom. The van der Waals surface area contributed by atoms with Gasteiger partial charge < -0.3 is 10.1 Å². The Labute approximate surface area is 120 Å². The molecule has 0 unspecified atom stereocenters. The number of benzene rings is 1. The highest BCUT2D eigenvalue weighted by molar-refractivity contribution is 6.27. The molecule has 0 spiro atoms. The molecule has 0 bridgehead atoms. The molecule has 0 saturated heterocycles. The smallest absolute Gasteiger partial charge is 0.235 e. The van der Waals surface area contributed by atoms with Crippen molar-refractivity contribution >= 4 is 17.5 Å². The quantitative estimate of drug-likeness (QED) is 0.863. The van der Waals surface area contributed by atoms with Gasteiger partial charge in [0.05, 0.1) is 0 Å². The molecular formula is C14H12ClFN2O2. The minimum Gasteiger partial charge on any atom is -0.436 e. The van der Waals surface area contributed by atoms with Gasteiger partial charge in [0.15, 0.2) is 11.6 Å². The van der Waals surface area contributed by atoms with Gasteiger partial charge in [-0.3, -0.25) is 4.79 Å². The average Bonchev–Trinajstić information content (AvgIpc) is 2.47. The van der Waals surface area contributed by atoms with E-state index in [2.05, 4.69) is 10.3 Å². The van der Waals surface area contributed by atoms with E-state index in [1.165, 1.54) is 18.3 Å². The lowest BCUT2D eigenvalue weighted by Gasteiger charge is -2.07. The van der Waals surface area contributed by atoms with E-state index in [1.807, 2.05) is 0 Å². The van der Waals surface area contributed by atoms with Gasteiger partial charge in [0.2, 0.25) is 11.8 Å². The van der Waals surface area contributed by atoms with Gasteiger partial charge in [-0.2, -0.15) is 0 Å². The third-order valence-electron chi connectivity index (χ3n) is 2.46. The SMILES string of the molecule is O=C(CCl)NCc1ccnc(Oc2ccccc2F)c1. The van der Waals surface area contributed by atoms with Crippen LogP contribution in [0, 0.1) is 5.82 Å². The number of hydrogen-bond acceptors (Lipinski definition) is 3. The standard InChI is InChI=1S/C14H12ClFN2O2/c15-8-13(19)18-9-10-5-6-17-14(7-10)20-12-4-2-1-3-11(12)16/h1-7H,8-9H2,(H,18,19). The molecule has 1 aromatic heterocycles. The van der Waals surface area contributed by atoms with Crippen molar-refractivity contribution in [3.05, 3.63) is 54.0 Å². The van der Waals surface area contributed by atoms with E-state index < -0.39 is 5.82 Å². The summed E-state index contributed by atoms with van der Waals surface area (Å²) in [5, 5.41) is 2.62. The molecule has 1 heterocycles. The predicted octanol–water partition coefficient (Wildman–Crippen LogP) is 2.87. The molecule has 20 heavy (non-hydrogen) atoms. The zero-order valence-corrected chi connectivity index (χ0v) is 11.2. The topological polar surface area (TPSA) is 51.2 Å². The van der Waals surface area contributed by atoms with Gasteiger partial charge in [0.25, 0.3) is 0 Å². The van der Waals surface area contributed by atoms with Crippen molar-refractivity contribution in [3.63, 3.8) is 0 Å². The summed E-state index contributed by atoms with van der Waals surface area (Å²) in [6, 6.07) is 9.42. The van der Waals surface area contributed by atoms with Crippen LogP contribution in [0.1, 0.15) is 5.56 Å². The van der Waals surface area contributed by atoms with Gasteiger partial charge >= 0.3 is 0 Å². The van der Waals surface area contributed by atoms with Crippen LogP contribution in [0.4, 0.5) is 4.39 Å². The minimum absolute atomic E-state index is 0.0936. The summed E-state index contributed by atoms with van der Waals surface area (Å²) in [4.78, 5) is 15.1. The van der Waals surface area contributed by atoms with Crippen LogP contribution in [0.2, 0.25) is 0 Å². The first-order valence-electron chi connectivity index (χ1n) is 5.89. The molecule has 1 amide bonds. The largest absolute Gasteiger partial charge is 0.436 e. The number of para-hydroxylation sites is 1. The van der Waals surface area contributed by atoms with Crippen LogP contribution in [-0.4, -0.2) is 16.8 Å². The molecule has 0 aliphatic carbocycles. The first kappa shape index (κ1) is 14.3. The van der Waals surface area contributed by atoms with Gasteiger partial charge in [-0.15, -0.1) is 11.6 Å². The van der Waals surface area contributed by atoms with E-state index in [9.17, 15) is 9.18 Å². The van der Waals surface area contributed by atoms with Gasteiger partial charge in [-0.25, -0.2) is 9.37 Å². The summed E-state index contributed by atoms with van der Waals surface area (Å²) >= 11 is 5.38. The zero-order chi connectivity index (χ0) is 14.4. The van der Waals surface area contributed by atoms with Crippen LogP contribution in [0.25, 0.3) is 0 Å². The maximum absolute atomic E-state index is 13.5. The molecule has 104 valence electrons. The molecule has 1 aromatic carbocycles. The highest BCUT2D eigenvalue weighted by atomic mass is 35.5. The van der Waals surface area contributed by atoms with Crippen molar-refractivity contribution in [2.75, 3.05) is 5.88 Å². The maximum atomic E-state index is 13.5. The van der Waals surface area contributed by atoms with Crippen LogP contribution in [0.15, 0.2) is 42.6 Å². The van der Waals surface area contributed by atoms with E-state index in [0.717, 1.165) is 5.56 Å². The summed E-state index contributed by atoms with van der Waals surface area (Å²) in [5.41, 5.74) is 0.782. The number of nitrogens with zero attached hydrogens (tertiary/aromatic N) is 1. The Kier molecular flexibility index (Phi) is 4.90. The number of ether oxygens (including phenoxy) is 1. The summed E-state index contributed by atoms with van der Waals surface area (Å²) < 4.78 is 18.8. The lowest BCUT2D eigenvalue weighted by Crippen LogP contribution is -2.23. The third-order valence-corrected chi connectivity index (χ3v) is 2.70. The van der Waals surface area contributed by atoms with Crippen LogP contribution in [0.5, 0.6) is 11.6 Å². The van der Waals surface area contributed by atoms with Crippen molar-refractivity contribution in [2.24, 2.45) is 0 Å². The van der Waals surface area contributed by atoms with Crippen LogP contribution < -0.4 is 10.1 Å². The first-order chi connectivity index (χ1) is 9.69. The van der Waals surface area contributed by atoms with Crippen molar-refractivity contribution < 1.29 is 13.9 Å². The molecule has 1 N–H and O–H groups in total. The van der Waals surface area contributed by atoms with Crippen molar-refractivity contribution in [1.82, 2.24) is 10.3 Å². The fourth-order valence-electron chi connectivity index (χ4n) is 1.50. The number of rotatable bonds is 5. The van der Waals surface area contributed by atoms with Gasteiger partial charge in [-0.05, 0) is 23.8 Å². The summed E-state index contributed by atoms with van der Waals surface area (Å²) in [7, 11) is 0. The second kappa shape index (κ2) is 6.86. The number of halogens is 2. The van der Waals surface area contributed by atoms with Crippen molar-refractivity contribution in [3.8, 4) is 11.6 Å².